The number of aliphatic hydroxyl groups excluding tert-OH is 2. The van der Waals surface area contributed by atoms with Crippen LogP contribution in [0.4, 0.5) is 24.0 Å². The highest BCUT2D eigenvalue weighted by molar-refractivity contribution is 6.00. The predicted molar refractivity (Wildman–Crippen MR) is 441 cm³/mol. The van der Waals surface area contributed by atoms with Crippen LogP contribution in [0.5, 0.6) is 0 Å². The van der Waals surface area contributed by atoms with Gasteiger partial charge >= 0.3 is 30.5 Å². The quantitative estimate of drug-likeness (QED) is 0.0341. The molecule has 1 aromatic carbocycles. The van der Waals surface area contributed by atoms with Crippen LogP contribution >= 0.6 is 0 Å². The fourth-order valence-corrected chi connectivity index (χ4v) is 11.4. The van der Waals surface area contributed by atoms with Crippen LogP contribution in [0.25, 0.3) is 0 Å². The Balaban J connectivity index is 3.12. The molecule has 2 rings (SSSR count). The van der Waals surface area contributed by atoms with E-state index < -0.39 is 260 Å². The number of nitrogens with two attached hydrogens (primary N) is 1. The minimum absolute atomic E-state index is 0.127. The Bertz CT molecular complexity index is 3550. The van der Waals surface area contributed by atoms with Gasteiger partial charge in [0.2, 0.25) is 65.0 Å². The molecule has 40 heteroatoms. The van der Waals surface area contributed by atoms with E-state index in [1.54, 1.807) is 148 Å². The first-order chi connectivity index (χ1) is 55.6. The van der Waals surface area contributed by atoms with Crippen molar-refractivity contribution in [2.75, 3.05) is 39.3 Å². The van der Waals surface area contributed by atoms with Crippen molar-refractivity contribution in [2.45, 2.75) is 329 Å². The molecule has 0 aliphatic carbocycles. The zero-order valence-corrected chi connectivity index (χ0v) is 73.4. The summed E-state index contributed by atoms with van der Waals surface area (Å²) in [4.78, 5) is 228. The number of hydrogen-bond acceptors (Lipinski definition) is 24. The zero-order valence-electron chi connectivity index (χ0n) is 73.4. The first-order valence-corrected chi connectivity index (χ1v) is 40.9. The molecule has 1 aromatic rings. The van der Waals surface area contributed by atoms with Gasteiger partial charge in [-0.25, -0.2) is 24.0 Å². The molecule has 0 radical (unpaired) electrons. The van der Waals surface area contributed by atoms with Gasteiger partial charge in [0.1, 0.15) is 88.4 Å². The van der Waals surface area contributed by atoms with Crippen molar-refractivity contribution in [3.8, 4) is 0 Å². The van der Waals surface area contributed by atoms with E-state index in [1.165, 1.54) is 0 Å². The smallest absolute Gasteiger partial charge is 0.407 e. The lowest BCUT2D eigenvalue weighted by Crippen LogP contribution is -2.62. The Morgan fingerprint density at radius 3 is 1.23 bits per heavy atom. The van der Waals surface area contributed by atoms with Gasteiger partial charge in [0.15, 0.2) is 0 Å². The van der Waals surface area contributed by atoms with E-state index in [2.05, 4.69) is 85.1 Å². The molecule has 1 fully saturated rings. The summed E-state index contributed by atoms with van der Waals surface area (Å²) in [6, 6.07) is -10.6. The second-order valence-corrected chi connectivity index (χ2v) is 34.9. The second kappa shape index (κ2) is 50.6. The maximum Gasteiger partial charge on any atom is 0.407 e. The highest BCUT2D eigenvalue weighted by Gasteiger charge is 2.40. The summed E-state index contributed by atoms with van der Waals surface area (Å²) in [7, 11) is 0. The number of unbranched alkanes of at least 4 members (excludes halogenated alkanes) is 3. The fourth-order valence-electron chi connectivity index (χ4n) is 11.4. The topological polar surface area (TPSA) is 578 Å². The average molecular weight is 1710 g/mol. The van der Waals surface area contributed by atoms with Gasteiger partial charge in [0.25, 0.3) is 0 Å². The number of alkyl carbamates (subject to hydrolysis) is 5. The molecule has 40 nitrogen and oxygen atoms in total. The number of aliphatic hydroxyl groups is 2. The molecule has 0 aromatic heterocycles. The second-order valence-electron chi connectivity index (χ2n) is 34.9. The largest absolute Gasteiger partial charge is 0.444 e. The molecule has 1 saturated heterocycles. The summed E-state index contributed by atoms with van der Waals surface area (Å²) in [6.45, 7) is 28.9. The summed E-state index contributed by atoms with van der Waals surface area (Å²) in [5.74, 6) is -12.5. The maximum atomic E-state index is 15.4. The number of carbonyl (C=O) groups is 16. The lowest BCUT2D eigenvalue weighted by atomic mass is 10.00. The molecule has 2 unspecified atom stereocenters. The molecule has 0 saturated carbocycles. The van der Waals surface area contributed by atoms with Crippen LogP contribution in [-0.2, 0) is 82.8 Å². The number of hydrogen-bond donors (Lipinski definition) is 19. The minimum Gasteiger partial charge on any atom is -0.444 e. The molecular formula is C80H137N17O23. The summed E-state index contributed by atoms with van der Waals surface area (Å²) in [6.07, 6.45) is -8.30. The summed E-state index contributed by atoms with van der Waals surface area (Å²) in [5, 5.41) is 63.0. The number of rotatable bonds is 34. The molecule has 1 aliphatic rings. The third-order valence-corrected chi connectivity index (χ3v) is 17.1. The van der Waals surface area contributed by atoms with Crippen molar-refractivity contribution in [2.24, 2.45) is 11.7 Å². The van der Waals surface area contributed by atoms with Crippen molar-refractivity contribution in [1.82, 2.24) is 85.1 Å². The molecule has 20 N–H and O–H groups in total. The van der Waals surface area contributed by atoms with Crippen molar-refractivity contribution >= 4 is 95.4 Å². The molecule has 1 aliphatic heterocycles. The van der Waals surface area contributed by atoms with E-state index in [-0.39, 0.29) is 44.7 Å². The monoisotopic (exact) mass is 1700 g/mol. The first kappa shape index (κ1) is 106. The van der Waals surface area contributed by atoms with E-state index in [9.17, 15) is 67.7 Å². The standard InChI is InChI=1S/C80H137N17O23/c1-21-22-23-27-30-49(81)60(100)88-54(35-41-86-74(114)119-79(15,16)17)65(105)97-59(47(5)99)70(110)93-53(34-40-85-73(113)118-78(12,13)14)63(103)89-50-31-37-82-69(109)58(46(4)98)96-66(106)55(36-42-87-75(115)120-80(18,19)20)91-62(102)51(32-38-83-71(111)116-76(6,7)8)92-67(107)56(43-45(2)3)94-68(108)57(44-48-28-25-24-26-29-48)95-64(104)52(90-61(50)101)33-39-84-72(112)117-77(9,10)11/h24-26,28-29,45-47,49-59,98-99H,21-23,27,30-44,81H2,1-20H3,(H,82,109)(H,83,111)(H,84,112)(H,85,113)(H,86,114)(H,87,115)(H,88,100)(H,89,103)(H,90,101)(H,91,102)(H,92,107)(H,93,110)(H,94,108)(H,95,104)(H,96,106)(H,97,105)/t46-,47?,49+,50+,51+,52+,53+,54+,55+,56+,57-,58+,59?/m1/s1. The van der Waals surface area contributed by atoms with Crippen LogP contribution in [0.3, 0.4) is 0 Å². The molecule has 0 spiro atoms. The number of amides is 16. The molecular weight excluding hydrogens is 1570 g/mol. The van der Waals surface area contributed by atoms with Gasteiger partial charge in [-0.05, 0) is 181 Å². The predicted octanol–water partition coefficient (Wildman–Crippen LogP) is 1.28. The number of ether oxygens (including phenoxy) is 5. The van der Waals surface area contributed by atoms with Crippen LogP contribution in [-0.4, -0.2) is 252 Å². The Kier molecular flexibility index (Phi) is 44.6. The SMILES string of the molecule is CCCCCC[C@H](N)C(=O)N[C@@H](CCNC(=O)OC(C)(C)C)C(=O)NC(C(=O)N[C@@H](CCNC(=O)OC(C)(C)C)C(=O)N[C@H]1CCNC(=O)[C@H]([C@@H](C)O)NC(=O)[C@H](CCNC(=O)OC(C)(C)C)NC(=O)[C@H](CCNC(=O)OC(C)(C)C)NC(=O)[C@H](CC(C)C)NC(=O)[C@@H](Cc2ccccc2)NC(=O)[C@H](CCNC(=O)OC(C)(C)C)NC1=O)C(C)O. The Morgan fingerprint density at radius 1 is 0.442 bits per heavy atom. The molecule has 120 heavy (non-hydrogen) atoms. The van der Waals surface area contributed by atoms with E-state index in [0.29, 0.717) is 12.0 Å². The normalized spacial score (nSPS) is 20.0. The summed E-state index contributed by atoms with van der Waals surface area (Å²) < 4.78 is 26.9. The first-order valence-electron chi connectivity index (χ1n) is 40.9. The molecule has 1 heterocycles. The lowest BCUT2D eigenvalue weighted by molar-refractivity contribution is -0.137. The highest BCUT2D eigenvalue weighted by atomic mass is 16.6. The third-order valence-electron chi connectivity index (χ3n) is 17.1. The van der Waals surface area contributed by atoms with Crippen LogP contribution in [0.1, 0.15) is 221 Å². The van der Waals surface area contributed by atoms with Crippen LogP contribution in [0.2, 0.25) is 0 Å². The zero-order chi connectivity index (χ0) is 91.2. The molecule has 16 amide bonds. The molecule has 0 bridgehead atoms. The Morgan fingerprint density at radius 2 is 0.817 bits per heavy atom. The van der Waals surface area contributed by atoms with Crippen molar-refractivity contribution < 1.29 is 111 Å². The minimum atomic E-state index is -1.98. The fraction of sp³-hybridized carbons (Fsp3) is 0.725. The van der Waals surface area contributed by atoms with E-state index >= 15 is 19.2 Å². The number of carbonyl (C=O) groups excluding carboxylic acids is 16. The number of nitrogens with one attached hydrogen (secondary N) is 16. The van der Waals surface area contributed by atoms with Crippen LogP contribution < -0.4 is 90.8 Å². The van der Waals surface area contributed by atoms with Gasteiger partial charge in [0, 0.05) is 45.7 Å². The van der Waals surface area contributed by atoms with Gasteiger partial charge in [0.05, 0.1) is 18.2 Å². The van der Waals surface area contributed by atoms with Crippen molar-refractivity contribution in [1.29, 1.82) is 0 Å². The van der Waals surface area contributed by atoms with Gasteiger partial charge in [-0.2, -0.15) is 0 Å². The van der Waals surface area contributed by atoms with Crippen molar-refractivity contribution in [3.05, 3.63) is 35.9 Å². The van der Waals surface area contributed by atoms with Gasteiger partial charge < -0.3 is 125 Å². The van der Waals surface area contributed by atoms with Gasteiger partial charge in [-0.15, -0.1) is 0 Å². The van der Waals surface area contributed by atoms with Crippen molar-refractivity contribution in [3.63, 3.8) is 0 Å². The average Bonchev–Trinajstić information content (AvgIpc) is 0.994. The van der Waals surface area contributed by atoms with Gasteiger partial charge in [-0.3, -0.25) is 52.7 Å². The van der Waals surface area contributed by atoms with Crippen LogP contribution in [0.15, 0.2) is 30.3 Å². The maximum absolute atomic E-state index is 15.4. The summed E-state index contributed by atoms with van der Waals surface area (Å²) >= 11 is 0. The third kappa shape index (κ3) is 45.1. The van der Waals surface area contributed by atoms with Crippen LogP contribution in [0, 0.1) is 5.92 Å². The Hall–Kier alpha value is -10.4. The Labute approximate surface area is 703 Å². The highest BCUT2D eigenvalue weighted by Crippen LogP contribution is 2.16. The molecule has 13 atom stereocenters. The van der Waals surface area contributed by atoms with E-state index in [1.807, 2.05) is 6.92 Å². The molecule has 680 valence electrons. The van der Waals surface area contributed by atoms with E-state index in [4.69, 9.17) is 29.4 Å². The lowest BCUT2D eigenvalue weighted by Gasteiger charge is -2.29. The van der Waals surface area contributed by atoms with E-state index in [0.717, 1.165) is 33.1 Å². The van der Waals surface area contributed by atoms with Gasteiger partial charge in [-0.1, -0.05) is 76.8 Å². The number of benzene rings is 1. The summed E-state index contributed by atoms with van der Waals surface area (Å²) in [5.41, 5.74) is 1.75.